The Kier molecular flexibility index (Phi) is 7.47. The third-order valence-corrected chi connectivity index (χ3v) is 5.88. The molecule has 4 nitrogen and oxygen atoms in total. The molecule has 0 N–H and O–H groups in total. The Morgan fingerprint density at radius 1 is 0.906 bits per heavy atom. The second-order valence-corrected chi connectivity index (χ2v) is 8.15. The molecule has 0 radical (unpaired) electrons. The lowest BCUT2D eigenvalue weighted by Crippen LogP contribution is -2.39. The van der Waals surface area contributed by atoms with Gasteiger partial charge in [0.05, 0.1) is 18.7 Å². The first-order valence-corrected chi connectivity index (χ1v) is 11.3. The van der Waals surface area contributed by atoms with Gasteiger partial charge in [0.2, 0.25) is 0 Å². The minimum absolute atomic E-state index is 0.000490. The largest absolute Gasteiger partial charge is 0.383 e. The van der Waals surface area contributed by atoms with Crippen LogP contribution < -0.4 is 0 Å². The number of benzene rings is 3. The first-order valence-electron chi connectivity index (χ1n) is 11.3. The van der Waals surface area contributed by atoms with Crippen LogP contribution in [0.4, 0.5) is 0 Å². The van der Waals surface area contributed by atoms with Crippen molar-refractivity contribution in [3.63, 3.8) is 0 Å². The number of aliphatic imine (C=N–C) groups is 2. The zero-order valence-electron chi connectivity index (χ0n) is 18.9. The summed E-state index contributed by atoms with van der Waals surface area (Å²) in [7, 11) is 1.77. The fourth-order valence-electron chi connectivity index (χ4n) is 4.21. The standard InChI is InChI=1S/C28H31N3O/c1-22(23-13-6-3-7-14-23)29-27(24-15-8-4-9-16-24)30-28(25-17-10-5-11-18-25)31-20-12-19-26(31)21-32-2/h3-11,13-18,22,26H,12,19-21H2,1-2H3/t22-,26-/m1/s1. The van der Waals surface area contributed by atoms with Gasteiger partial charge in [0.15, 0.2) is 5.84 Å². The molecule has 1 aliphatic rings. The maximum atomic E-state index is 5.53. The molecule has 164 valence electrons. The van der Waals surface area contributed by atoms with E-state index in [0.717, 1.165) is 42.2 Å². The second-order valence-electron chi connectivity index (χ2n) is 8.15. The van der Waals surface area contributed by atoms with Gasteiger partial charge in [-0.3, -0.25) is 4.99 Å². The molecule has 0 saturated carbocycles. The predicted molar refractivity (Wildman–Crippen MR) is 132 cm³/mol. The van der Waals surface area contributed by atoms with Crippen molar-refractivity contribution in [1.82, 2.24) is 4.90 Å². The molecule has 1 heterocycles. The van der Waals surface area contributed by atoms with Gasteiger partial charge in [-0.1, -0.05) is 91.0 Å². The van der Waals surface area contributed by atoms with Gasteiger partial charge in [-0.05, 0) is 25.3 Å². The zero-order chi connectivity index (χ0) is 22.2. The minimum Gasteiger partial charge on any atom is -0.383 e. The molecule has 1 saturated heterocycles. The zero-order valence-corrected chi connectivity index (χ0v) is 18.9. The van der Waals surface area contributed by atoms with Crippen LogP contribution in [0.15, 0.2) is 101 Å². The summed E-state index contributed by atoms with van der Waals surface area (Å²) in [6.07, 6.45) is 2.25. The number of amidine groups is 2. The Hall–Kier alpha value is -3.24. The number of methoxy groups -OCH3 is 1. The highest BCUT2D eigenvalue weighted by molar-refractivity contribution is 6.11. The first kappa shape index (κ1) is 22.0. The van der Waals surface area contributed by atoms with Crippen LogP contribution in [-0.4, -0.2) is 42.9 Å². The monoisotopic (exact) mass is 425 g/mol. The maximum absolute atomic E-state index is 5.53. The van der Waals surface area contributed by atoms with Gasteiger partial charge in [0, 0.05) is 24.8 Å². The first-order chi connectivity index (χ1) is 15.8. The topological polar surface area (TPSA) is 37.2 Å². The summed E-state index contributed by atoms with van der Waals surface area (Å²) in [6.45, 7) is 3.79. The second kappa shape index (κ2) is 10.9. The molecule has 0 bridgehead atoms. The van der Waals surface area contributed by atoms with E-state index in [2.05, 4.69) is 72.5 Å². The van der Waals surface area contributed by atoms with Crippen LogP contribution in [0.5, 0.6) is 0 Å². The van der Waals surface area contributed by atoms with Crippen LogP contribution in [0.25, 0.3) is 0 Å². The normalized spacial score (nSPS) is 18.1. The van der Waals surface area contributed by atoms with E-state index in [1.807, 2.05) is 30.3 Å². The van der Waals surface area contributed by atoms with Crippen molar-refractivity contribution in [2.75, 3.05) is 20.3 Å². The highest BCUT2D eigenvalue weighted by atomic mass is 16.5. The van der Waals surface area contributed by atoms with E-state index in [-0.39, 0.29) is 6.04 Å². The van der Waals surface area contributed by atoms with Gasteiger partial charge in [-0.15, -0.1) is 0 Å². The van der Waals surface area contributed by atoms with E-state index in [4.69, 9.17) is 14.7 Å². The highest BCUT2D eigenvalue weighted by Gasteiger charge is 2.28. The average molecular weight is 426 g/mol. The number of likely N-dealkylation sites (tertiary alicyclic amines) is 1. The fraction of sp³-hybridized carbons (Fsp3) is 0.286. The molecule has 0 amide bonds. The summed E-state index contributed by atoms with van der Waals surface area (Å²) < 4.78 is 5.53. The minimum atomic E-state index is 0.000490. The van der Waals surface area contributed by atoms with E-state index in [1.165, 1.54) is 5.56 Å². The van der Waals surface area contributed by atoms with Crippen molar-refractivity contribution in [2.24, 2.45) is 9.98 Å². The van der Waals surface area contributed by atoms with Crippen LogP contribution in [0.1, 0.15) is 42.5 Å². The number of rotatable bonds is 6. The Balaban J connectivity index is 1.81. The summed E-state index contributed by atoms with van der Waals surface area (Å²) in [5.41, 5.74) is 3.30. The predicted octanol–water partition coefficient (Wildman–Crippen LogP) is 5.75. The molecule has 0 aliphatic carbocycles. The van der Waals surface area contributed by atoms with Gasteiger partial charge in [-0.25, -0.2) is 4.99 Å². The molecule has 32 heavy (non-hydrogen) atoms. The lowest BCUT2D eigenvalue weighted by Gasteiger charge is -2.28. The molecule has 1 fully saturated rings. The van der Waals surface area contributed by atoms with E-state index in [1.54, 1.807) is 7.11 Å². The Bertz CT molecular complexity index is 1030. The van der Waals surface area contributed by atoms with Crippen molar-refractivity contribution in [1.29, 1.82) is 0 Å². The lowest BCUT2D eigenvalue weighted by molar-refractivity contribution is 0.145. The molecule has 0 unspecified atom stereocenters. The molecule has 3 aromatic carbocycles. The molecule has 2 atom stereocenters. The van der Waals surface area contributed by atoms with E-state index >= 15 is 0 Å². The summed E-state index contributed by atoms with van der Waals surface area (Å²) in [6, 6.07) is 31.4. The van der Waals surface area contributed by atoms with Crippen LogP contribution in [0.2, 0.25) is 0 Å². The highest BCUT2D eigenvalue weighted by Crippen LogP contribution is 2.23. The van der Waals surface area contributed by atoms with Gasteiger partial charge in [-0.2, -0.15) is 0 Å². The quantitative estimate of drug-likeness (QED) is 0.372. The van der Waals surface area contributed by atoms with Crippen LogP contribution >= 0.6 is 0 Å². The third-order valence-electron chi connectivity index (χ3n) is 5.88. The summed E-state index contributed by atoms with van der Waals surface area (Å²) in [5.74, 6) is 1.72. The number of hydrogen-bond acceptors (Lipinski definition) is 2. The number of ether oxygens (including phenoxy) is 1. The summed E-state index contributed by atoms with van der Waals surface area (Å²) in [4.78, 5) is 12.7. The molecule has 0 aromatic heterocycles. The third kappa shape index (κ3) is 5.32. The smallest absolute Gasteiger partial charge is 0.157 e. The van der Waals surface area contributed by atoms with E-state index < -0.39 is 0 Å². The Labute approximate surface area is 191 Å². The van der Waals surface area contributed by atoms with Crippen molar-refractivity contribution >= 4 is 11.7 Å². The van der Waals surface area contributed by atoms with Crippen LogP contribution in [0.3, 0.4) is 0 Å². The number of hydrogen-bond donors (Lipinski definition) is 0. The van der Waals surface area contributed by atoms with E-state index in [9.17, 15) is 0 Å². The van der Waals surface area contributed by atoms with Crippen LogP contribution in [0, 0.1) is 0 Å². The average Bonchev–Trinajstić information content (AvgIpc) is 3.31. The molecule has 4 heteroatoms. The van der Waals surface area contributed by atoms with E-state index in [0.29, 0.717) is 12.6 Å². The Morgan fingerprint density at radius 3 is 2.12 bits per heavy atom. The molecule has 4 rings (SSSR count). The van der Waals surface area contributed by atoms with Crippen LogP contribution in [-0.2, 0) is 4.74 Å². The van der Waals surface area contributed by atoms with Crippen molar-refractivity contribution < 1.29 is 4.74 Å². The molecule has 0 spiro atoms. The van der Waals surface area contributed by atoms with Crippen molar-refractivity contribution in [3.05, 3.63) is 108 Å². The van der Waals surface area contributed by atoms with Crippen molar-refractivity contribution in [2.45, 2.75) is 31.8 Å². The molecular formula is C28H31N3O. The van der Waals surface area contributed by atoms with Crippen molar-refractivity contribution in [3.8, 4) is 0 Å². The fourth-order valence-corrected chi connectivity index (χ4v) is 4.21. The Morgan fingerprint density at radius 2 is 1.50 bits per heavy atom. The molecule has 3 aromatic rings. The van der Waals surface area contributed by atoms with Gasteiger partial charge in [0.25, 0.3) is 0 Å². The maximum Gasteiger partial charge on any atom is 0.157 e. The SMILES string of the molecule is COC[C@H]1CCCN1C(=NC(=N[C@H](C)c1ccccc1)c1ccccc1)c1ccccc1. The van der Waals surface area contributed by atoms with Gasteiger partial charge < -0.3 is 9.64 Å². The molecular weight excluding hydrogens is 394 g/mol. The summed E-state index contributed by atoms with van der Waals surface area (Å²) in [5, 5.41) is 0. The van der Waals surface area contributed by atoms with Gasteiger partial charge in [0.1, 0.15) is 5.84 Å². The lowest BCUT2D eigenvalue weighted by atomic mass is 10.1. The number of nitrogens with zero attached hydrogens (tertiary/aromatic N) is 3. The molecule has 1 aliphatic heterocycles. The van der Waals surface area contributed by atoms with Gasteiger partial charge >= 0.3 is 0 Å². The summed E-state index contributed by atoms with van der Waals surface area (Å²) >= 11 is 0.